The number of rotatable bonds is 4. The number of nitrogens with zero attached hydrogens (tertiary/aromatic N) is 3. The van der Waals surface area contributed by atoms with Crippen LogP contribution in [0.2, 0.25) is 0 Å². The fourth-order valence-corrected chi connectivity index (χ4v) is 2.77. The number of hydrogen-bond donors (Lipinski definition) is 1. The summed E-state index contributed by atoms with van der Waals surface area (Å²) in [4.78, 5) is 25.5. The highest BCUT2D eigenvalue weighted by molar-refractivity contribution is 5.95. The third-order valence-electron chi connectivity index (χ3n) is 3.95. The largest absolute Gasteiger partial charge is 0.493 e. The topological polar surface area (TPSA) is 93.9 Å². The third-order valence-corrected chi connectivity index (χ3v) is 3.95. The molecule has 1 aromatic heterocycles. The first-order valence-corrected chi connectivity index (χ1v) is 7.86. The number of para-hydroxylation sites is 1. The standard InChI is InChI=1S/C17H19N3O5/c1-11-8-19(9-14(25-11)17(22)23)16(21)15-13(24-2)10-20(18-15)12-6-4-3-5-7-12/h3-7,10-11,14H,8-9H2,1-2H3,(H,22,23)/t11-,14?/m1/s1. The maximum atomic E-state index is 12.9. The van der Waals surface area contributed by atoms with Gasteiger partial charge in [0.2, 0.25) is 0 Å². The maximum absolute atomic E-state index is 12.9. The highest BCUT2D eigenvalue weighted by Gasteiger charge is 2.35. The summed E-state index contributed by atoms with van der Waals surface area (Å²) in [5.74, 6) is -1.14. The molecule has 1 aromatic carbocycles. The van der Waals surface area contributed by atoms with Gasteiger partial charge in [0.25, 0.3) is 5.91 Å². The summed E-state index contributed by atoms with van der Waals surface area (Å²) in [6.45, 7) is 2.00. The van der Waals surface area contributed by atoms with E-state index in [1.54, 1.807) is 17.8 Å². The van der Waals surface area contributed by atoms with Crippen LogP contribution >= 0.6 is 0 Å². The predicted octanol–water partition coefficient (Wildman–Crippen LogP) is 1.20. The second kappa shape index (κ2) is 6.94. The Morgan fingerprint density at radius 2 is 2.00 bits per heavy atom. The molecule has 2 aromatic rings. The number of ether oxygens (including phenoxy) is 2. The van der Waals surface area contributed by atoms with Gasteiger partial charge in [-0.1, -0.05) is 18.2 Å². The summed E-state index contributed by atoms with van der Waals surface area (Å²) >= 11 is 0. The van der Waals surface area contributed by atoms with Gasteiger partial charge < -0.3 is 19.5 Å². The molecule has 25 heavy (non-hydrogen) atoms. The summed E-state index contributed by atoms with van der Waals surface area (Å²) in [6.07, 6.45) is 0.206. The number of carbonyl (C=O) groups excluding carboxylic acids is 1. The monoisotopic (exact) mass is 345 g/mol. The van der Waals surface area contributed by atoms with E-state index in [0.29, 0.717) is 12.3 Å². The fourth-order valence-electron chi connectivity index (χ4n) is 2.77. The molecule has 1 aliphatic heterocycles. The molecule has 2 heterocycles. The lowest BCUT2D eigenvalue weighted by Crippen LogP contribution is -2.51. The Morgan fingerprint density at radius 1 is 1.28 bits per heavy atom. The summed E-state index contributed by atoms with van der Waals surface area (Å²) in [5.41, 5.74) is 0.934. The highest BCUT2D eigenvalue weighted by atomic mass is 16.5. The second-order valence-electron chi connectivity index (χ2n) is 5.81. The number of methoxy groups -OCH3 is 1. The molecule has 0 bridgehead atoms. The average Bonchev–Trinajstić information content (AvgIpc) is 3.05. The van der Waals surface area contributed by atoms with Crippen molar-refractivity contribution < 1.29 is 24.2 Å². The zero-order valence-corrected chi connectivity index (χ0v) is 14.0. The number of aromatic nitrogens is 2. The smallest absolute Gasteiger partial charge is 0.334 e. The van der Waals surface area contributed by atoms with Crippen LogP contribution < -0.4 is 4.74 Å². The normalized spacial score (nSPS) is 20.3. The number of carbonyl (C=O) groups is 2. The zero-order chi connectivity index (χ0) is 18.0. The Bertz CT molecular complexity index is 774. The van der Waals surface area contributed by atoms with Gasteiger partial charge in [0.05, 0.1) is 31.6 Å². The van der Waals surface area contributed by atoms with Gasteiger partial charge in [-0.15, -0.1) is 0 Å². The molecule has 0 aliphatic carbocycles. The molecule has 0 spiro atoms. The van der Waals surface area contributed by atoms with Crippen LogP contribution in [0.4, 0.5) is 0 Å². The van der Waals surface area contributed by atoms with E-state index in [1.807, 2.05) is 30.3 Å². The van der Waals surface area contributed by atoms with Gasteiger partial charge >= 0.3 is 5.97 Å². The molecule has 1 saturated heterocycles. The Morgan fingerprint density at radius 3 is 2.64 bits per heavy atom. The molecular weight excluding hydrogens is 326 g/mol. The number of carboxylic acid groups (broad SMARTS) is 1. The van der Waals surface area contributed by atoms with Crippen molar-refractivity contribution in [2.45, 2.75) is 19.1 Å². The molecular formula is C17H19N3O5. The average molecular weight is 345 g/mol. The predicted molar refractivity (Wildman–Crippen MR) is 88.0 cm³/mol. The van der Waals surface area contributed by atoms with Gasteiger partial charge in [-0.2, -0.15) is 5.10 Å². The summed E-state index contributed by atoms with van der Waals surface area (Å²) < 4.78 is 12.2. The highest BCUT2D eigenvalue weighted by Crippen LogP contribution is 2.23. The van der Waals surface area contributed by atoms with E-state index in [-0.39, 0.29) is 24.2 Å². The van der Waals surface area contributed by atoms with Crippen LogP contribution in [-0.2, 0) is 9.53 Å². The molecule has 0 radical (unpaired) electrons. The van der Waals surface area contributed by atoms with Crippen molar-refractivity contribution in [3.63, 3.8) is 0 Å². The van der Waals surface area contributed by atoms with Crippen LogP contribution in [-0.4, -0.2) is 64.1 Å². The van der Waals surface area contributed by atoms with Crippen molar-refractivity contribution in [1.29, 1.82) is 0 Å². The van der Waals surface area contributed by atoms with E-state index in [0.717, 1.165) is 5.69 Å². The quantitative estimate of drug-likeness (QED) is 0.895. The van der Waals surface area contributed by atoms with E-state index in [1.165, 1.54) is 12.0 Å². The molecule has 1 N–H and O–H groups in total. The van der Waals surface area contributed by atoms with Gasteiger partial charge in [0.1, 0.15) is 0 Å². The van der Waals surface area contributed by atoms with Crippen molar-refractivity contribution in [2.24, 2.45) is 0 Å². The summed E-state index contributed by atoms with van der Waals surface area (Å²) in [6, 6.07) is 9.34. The van der Waals surface area contributed by atoms with Crippen LogP contribution in [0.15, 0.2) is 36.5 Å². The molecule has 8 heteroatoms. The molecule has 1 amide bonds. The van der Waals surface area contributed by atoms with E-state index in [4.69, 9.17) is 9.47 Å². The number of hydrogen-bond acceptors (Lipinski definition) is 5. The van der Waals surface area contributed by atoms with Crippen LogP contribution in [0.1, 0.15) is 17.4 Å². The van der Waals surface area contributed by atoms with Gasteiger partial charge in [-0.3, -0.25) is 4.79 Å². The van der Waals surface area contributed by atoms with E-state index in [9.17, 15) is 14.7 Å². The van der Waals surface area contributed by atoms with Crippen LogP contribution in [0, 0.1) is 0 Å². The van der Waals surface area contributed by atoms with Gasteiger partial charge in [0, 0.05) is 6.54 Å². The van der Waals surface area contributed by atoms with Crippen molar-refractivity contribution in [3.8, 4) is 11.4 Å². The van der Waals surface area contributed by atoms with E-state index < -0.39 is 12.1 Å². The Kier molecular flexibility index (Phi) is 4.71. The molecule has 132 valence electrons. The third kappa shape index (κ3) is 3.48. The van der Waals surface area contributed by atoms with Gasteiger partial charge in [-0.05, 0) is 19.1 Å². The Labute approximate surface area is 144 Å². The lowest BCUT2D eigenvalue weighted by molar-refractivity contribution is -0.160. The zero-order valence-electron chi connectivity index (χ0n) is 14.0. The molecule has 1 unspecified atom stereocenters. The Hall–Kier alpha value is -2.87. The molecule has 3 rings (SSSR count). The minimum absolute atomic E-state index is 0.0279. The minimum atomic E-state index is -1.09. The lowest BCUT2D eigenvalue weighted by atomic mass is 10.2. The van der Waals surface area contributed by atoms with E-state index >= 15 is 0 Å². The van der Waals surface area contributed by atoms with Crippen molar-refractivity contribution >= 4 is 11.9 Å². The first kappa shape index (κ1) is 17.0. The molecule has 1 fully saturated rings. The lowest BCUT2D eigenvalue weighted by Gasteiger charge is -2.34. The molecule has 1 aliphatic rings. The van der Waals surface area contributed by atoms with Crippen molar-refractivity contribution in [2.75, 3.05) is 20.2 Å². The fraction of sp³-hybridized carbons (Fsp3) is 0.353. The number of benzene rings is 1. The molecule has 8 nitrogen and oxygen atoms in total. The van der Waals surface area contributed by atoms with Crippen LogP contribution in [0.3, 0.4) is 0 Å². The first-order valence-electron chi connectivity index (χ1n) is 7.86. The first-order chi connectivity index (χ1) is 12.0. The molecule has 0 saturated carbocycles. The van der Waals surface area contributed by atoms with Gasteiger partial charge in [-0.25, -0.2) is 9.48 Å². The summed E-state index contributed by atoms with van der Waals surface area (Å²) in [7, 11) is 1.46. The SMILES string of the molecule is COc1cn(-c2ccccc2)nc1C(=O)N1CC(C(=O)O)O[C@H](C)C1. The summed E-state index contributed by atoms with van der Waals surface area (Å²) in [5, 5.41) is 13.5. The van der Waals surface area contributed by atoms with E-state index in [2.05, 4.69) is 5.10 Å². The number of carboxylic acids is 1. The van der Waals surface area contributed by atoms with Gasteiger partial charge in [0.15, 0.2) is 17.5 Å². The van der Waals surface area contributed by atoms with Crippen LogP contribution in [0.25, 0.3) is 5.69 Å². The molecule has 2 atom stereocenters. The maximum Gasteiger partial charge on any atom is 0.334 e. The number of aliphatic carboxylic acids is 1. The number of amides is 1. The van der Waals surface area contributed by atoms with Crippen molar-refractivity contribution in [1.82, 2.24) is 14.7 Å². The van der Waals surface area contributed by atoms with Crippen molar-refractivity contribution in [3.05, 3.63) is 42.2 Å². The number of morpholine rings is 1. The minimum Gasteiger partial charge on any atom is -0.493 e. The van der Waals surface area contributed by atoms with Crippen LogP contribution in [0.5, 0.6) is 5.75 Å². The Balaban J connectivity index is 1.89. The second-order valence-corrected chi connectivity index (χ2v) is 5.81.